The molecule has 0 spiro atoms. The second kappa shape index (κ2) is 11.2. The normalized spacial score (nSPS) is 14.6. The SMILES string of the molecule is CC(=O)Oc1ccc(Cl)c(NC(=S)c2ccc(OCCC3CCCCC3)cc2C(F)(F)F)c1. The number of nitrogens with one attached hydrogen (secondary N) is 1. The van der Waals surface area contributed by atoms with Crippen LogP contribution in [0, 0.1) is 5.92 Å². The van der Waals surface area contributed by atoms with Crippen molar-refractivity contribution in [2.45, 2.75) is 51.6 Å². The highest BCUT2D eigenvalue weighted by Crippen LogP contribution is 2.36. The van der Waals surface area contributed by atoms with Crippen LogP contribution in [0.4, 0.5) is 18.9 Å². The molecule has 1 aliphatic rings. The average molecular weight is 500 g/mol. The van der Waals surface area contributed by atoms with Crippen LogP contribution in [0.2, 0.25) is 5.02 Å². The first kappa shape index (κ1) is 25.3. The van der Waals surface area contributed by atoms with E-state index in [2.05, 4.69) is 5.32 Å². The molecule has 33 heavy (non-hydrogen) atoms. The summed E-state index contributed by atoms with van der Waals surface area (Å²) in [5, 5.41) is 2.94. The van der Waals surface area contributed by atoms with Gasteiger partial charge in [0.1, 0.15) is 16.5 Å². The molecular formula is C24H25ClF3NO3S. The number of ether oxygens (including phenoxy) is 2. The summed E-state index contributed by atoms with van der Waals surface area (Å²) in [5.74, 6) is 0.378. The highest BCUT2D eigenvalue weighted by Gasteiger charge is 2.35. The van der Waals surface area contributed by atoms with Gasteiger partial charge in [-0.05, 0) is 42.7 Å². The first-order valence-electron chi connectivity index (χ1n) is 10.8. The first-order chi connectivity index (χ1) is 15.6. The summed E-state index contributed by atoms with van der Waals surface area (Å²) < 4.78 is 52.0. The topological polar surface area (TPSA) is 47.6 Å². The molecule has 1 fully saturated rings. The maximum Gasteiger partial charge on any atom is 0.417 e. The third-order valence-electron chi connectivity index (χ3n) is 5.51. The number of alkyl halides is 3. The summed E-state index contributed by atoms with van der Waals surface area (Å²) in [5.41, 5.74) is -0.880. The molecule has 0 aromatic heterocycles. The molecule has 0 heterocycles. The Kier molecular flexibility index (Phi) is 8.59. The Morgan fingerprint density at radius 1 is 1.12 bits per heavy atom. The number of carbonyl (C=O) groups excluding carboxylic acids is 1. The molecule has 0 amide bonds. The molecule has 3 rings (SSSR count). The molecule has 2 aromatic rings. The van der Waals surface area contributed by atoms with E-state index in [1.165, 1.54) is 56.5 Å². The van der Waals surface area contributed by atoms with Gasteiger partial charge >= 0.3 is 12.1 Å². The predicted octanol–water partition coefficient (Wildman–Crippen LogP) is 7.42. The van der Waals surface area contributed by atoms with Gasteiger partial charge in [0.2, 0.25) is 0 Å². The van der Waals surface area contributed by atoms with Crippen molar-refractivity contribution in [2.24, 2.45) is 5.92 Å². The summed E-state index contributed by atoms with van der Waals surface area (Å²) in [6.45, 7) is 1.61. The fraction of sp³-hybridized carbons (Fsp3) is 0.417. The van der Waals surface area contributed by atoms with Crippen LogP contribution in [0.3, 0.4) is 0 Å². The van der Waals surface area contributed by atoms with E-state index in [-0.39, 0.29) is 32.8 Å². The Morgan fingerprint density at radius 2 is 1.82 bits per heavy atom. The van der Waals surface area contributed by atoms with Crippen LogP contribution in [0.15, 0.2) is 36.4 Å². The number of carbonyl (C=O) groups is 1. The Morgan fingerprint density at radius 3 is 2.48 bits per heavy atom. The second-order valence-corrected chi connectivity index (χ2v) is 8.85. The van der Waals surface area contributed by atoms with Crippen LogP contribution < -0.4 is 14.8 Å². The van der Waals surface area contributed by atoms with Crippen molar-refractivity contribution < 1.29 is 27.4 Å². The summed E-state index contributed by atoms with van der Waals surface area (Å²) in [7, 11) is 0. The Balaban J connectivity index is 1.75. The van der Waals surface area contributed by atoms with Crippen molar-refractivity contribution in [1.29, 1.82) is 0 Å². The minimum absolute atomic E-state index is 0.152. The zero-order chi connectivity index (χ0) is 24.0. The van der Waals surface area contributed by atoms with Crippen LogP contribution in [0.5, 0.6) is 11.5 Å². The van der Waals surface area contributed by atoms with E-state index in [4.69, 9.17) is 33.3 Å². The van der Waals surface area contributed by atoms with Gasteiger partial charge in [-0.2, -0.15) is 13.2 Å². The molecule has 0 saturated heterocycles. The largest absolute Gasteiger partial charge is 0.494 e. The van der Waals surface area contributed by atoms with Crippen LogP contribution in [-0.4, -0.2) is 17.6 Å². The lowest BCUT2D eigenvalue weighted by atomic mass is 9.87. The number of benzene rings is 2. The lowest BCUT2D eigenvalue weighted by Crippen LogP contribution is -2.18. The zero-order valence-corrected chi connectivity index (χ0v) is 19.7. The van der Waals surface area contributed by atoms with Crippen molar-refractivity contribution in [3.63, 3.8) is 0 Å². The first-order valence-corrected chi connectivity index (χ1v) is 11.6. The molecule has 1 N–H and O–H groups in total. The van der Waals surface area contributed by atoms with Gasteiger partial charge in [-0.3, -0.25) is 4.79 Å². The third-order valence-corrected chi connectivity index (χ3v) is 6.16. The number of hydrogen-bond acceptors (Lipinski definition) is 4. The number of esters is 1. The Bertz CT molecular complexity index is 1010. The van der Waals surface area contributed by atoms with Gasteiger partial charge in [0, 0.05) is 18.6 Å². The van der Waals surface area contributed by atoms with Crippen molar-refractivity contribution in [1.82, 2.24) is 0 Å². The van der Waals surface area contributed by atoms with Crippen molar-refractivity contribution in [2.75, 3.05) is 11.9 Å². The molecule has 0 aliphatic heterocycles. The molecule has 0 bridgehead atoms. The molecule has 0 atom stereocenters. The summed E-state index contributed by atoms with van der Waals surface area (Å²) in [4.78, 5) is 11.0. The number of hydrogen-bond donors (Lipinski definition) is 1. The van der Waals surface area contributed by atoms with E-state index in [0.717, 1.165) is 25.3 Å². The van der Waals surface area contributed by atoms with E-state index >= 15 is 0 Å². The summed E-state index contributed by atoms with van der Waals surface area (Å²) in [6.07, 6.45) is 2.16. The number of anilines is 1. The van der Waals surface area contributed by atoms with Crippen LogP contribution in [0.25, 0.3) is 0 Å². The van der Waals surface area contributed by atoms with Crippen LogP contribution in [-0.2, 0) is 11.0 Å². The smallest absolute Gasteiger partial charge is 0.417 e. The molecule has 9 heteroatoms. The standard InChI is InChI=1S/C24H25ClF3NO3S/c1-15(30)32-18-8-10-21(25)22(14-18)29-23(33)19-9-7-17(13-20(19)24(26,27)28)31-12-11-16-5-3-2-4-6-16/h7-10,13-14,16H,2-6,11-12H2,1H3,(H,29,33). The average Bonchev–Trinajstić information content (AvgIpc) is 2.76. The van der Waals surface area contributed by atoms with Crippen molar-refractivity contribution >= 4 is 40.5 Å². The molecule has 4 nitrogen and oxygen atoms in total. The zero-order valence-electron chi connectivity index (χ0n) is 18.1. The van der Waals surface area contributed by atoms with Gasteiger partial charge in [0.15, 0.2) is 0 Å². The van der Waals surface area contributed by atoms with Crippen LogP contribution >= 0.6 is 23.8 Å². The van der Waals surface area contributed by atoms with Gasteiger partial charge in [-0.25, -0.2) is 0 Å². The fourth-order valence-electron chi connectivity index (χ4n) is 3.88. The fourth-order valence-corrected chi connectivity index (χ4v) is 4.34. The monoisotopic (exact) mass is 499 g/mol. The molecule has 1 aliphatic carbocycles. The van der Waals surface area contributed by atoms with E-state index in [9.17, 15) is 18.0 Å². The molecule has 0 radical (unpaired) electrons. The van der Waals surface area contributed by atoms with E-state index < -0.39 is 17.7 Å². The van der Waals surface area contributed by atoms with Crippen LogP contribution in [0.1, 0.15) is 56.6 Å². The van der Waals surface area contributed by atoms with Crippen molar-refractivity contribution in [3.05, 3.63) is 52.5 Å². The Hall–Kier alpha value is -2.32. The maximum absolute atomic E-state index is 13.8. The van der Waals surface area contributed by atoms with Crippen molar-refractivity contribution in [3.8, 4) is 11.5 Å². The van der Waals surface area contributed by atoms with E-state index in [1.54, 1.807) is 0 Å². The molecule has 1 saturated carbocycles. The predicted molar refractivity (Wildman–Crippen MR) is 126 cm³/mol. The summed E-state index contributed by atoms with van der Waals surface area (Å²) in [6, 6.07) is 8.07. The lowest BCUT2D eigenvalue weighted by molar-refractivity contribution is -0.137. The van der Waals surface area contributed by atoms with Gasteiger partial charge in [0.25, 0.3) is 0 Å². The van der Waals surface area contributed by atoms with E-state index in [1.807, 2.05) is 0 Å². The highest BCUT2D eigenvalue weighted by atomic mass is 35.5. The maximum atomic E-state index is 13.8. The van der Waals surface area contributed by atoms with E-state index in [0.29, 0.717) is 12.5 Å². The van der Waals surface area contributed by atoms with Gasteiger partial charge in [-0.15, -0.1) is 0 Å². The molecule has 2 aromatic carbocycles. The minimum Gasteiger partial charge on any atom is -0.494 e. The second-order valence-electron chi connectivity index (χ2n) is 8.04. The van der Waals surface area contributed by atoms with Gasteiger partial charge in [0.05, 0.1) is 22.9 Å². The Labute approximate surface area is 201 Å². The highest BCUT2D eigenvalue weighted by molar-refractivity contribution is 7.81. The third kappa shape index (κ3) is 7.33. The molecular weight excluding hydrogens is 475 g/mol. The molecule has 0 unspecified atom stereocenters. The lowest BCUT2D eigenvalue weighted by Gasteiger charge is -2.21. The number of thiocarbonyl (C=S) groups is 1. The number of halogens is 4. The quantitative estimate of drug-likeness (QED) is 0.244. The number of rotatable bonds is 7. The van der Waals surface area contributed by atoms with Gasteiger partial charge in [-0.1, -0.05) is 55.9 Å². The molecule has 178 valence electrons. The van der Waals surface area contributed by atoms with Gasteiger partial charge < -0.3 is 14.8 Å². The summed E-state index contributed by atoms with van der Waals surface area (Å²) >= 11 is 11.4. The minimum atomic E-state index is -4.63.